The summed E-state index contributed by atoms with van der Waals surface area (Å²) in [5.41, 5.74) is 0. The van der Waals surface area contributed by atoms with E-state index < -0.39 is 6.10 Å². The summed E-state index contributed by atoms with van der Waals surface area (Å²) in [5.74, 6) is -0.920. The Hall–Kier alpha value is -2.89. The smallest absolute Gasteiger partial charge is 0.306 e. The Morgan fingerprint density at radius 1 is 0.323 bits per heavy atom. The molecule has 0 amide bonds. The van der Waals surface area contributed by atoms with E-state index in [1.807, 2.05) is 0 Å². The SMILES string of the molecule is CCCCC\C=C/C=C\C=C/C=C\CCCCCCCC(=O)OCC(COC(=O)CCCCCCCCCCCCCCC)OC(=O)CCCCC/C=C\CCCCCCCC. The molecule has 0 saturated heterocycles. The molecule has 0 aromatic rings. The molecule has 1 unspecified atom stereocenters. The van der Waals surface area contributed by atoms with Gasteiger partial charge in [-0.15, -0.1) is 0 Å². The fourth-order valence-electron chi connectivity index (χ4n) is 7.33. The first-order chi connectivity index (χ1) is 30.5. The molecule has 0 aliphatic rings. The van der Waals surface area contributed by atoms with Gasteiger partial charge in [-0.1, -0.05) is 229 Å². The fraction of sp³-hybridized carbons (Fsp3) is 0.768. The van der Waals surface area contributed by atoms with Gasteiger partial charge < -0.3 is 14.2 Å². The molecule has 1 atom stereocenters. The minimum atomic E-state index is -0.789. The van der Waals surface area contributed by atoms with Crippen LogP contribution in [0, 0.1) is 0 Å². The molecule has 0 fully saturated rings. The molecule has 62 heavy (non-hydrogen) atoms. The van der Waals surface area contributed by atoms with Crippen LogP contribution >= 0.6 is 0 Å². The summed E-state index contributed by atoms with van der Waals surface area (Å²) < 4.78 is 16.8. The highest BCUT2D eigenvalue weighted by atomic mass is 16.6. The van der Waals surface area contributed by atoms with E-state index in [4.69, 9.17) is 14.2 Å². The lowest BCUT2D eigenvalue weighted by atomic mass is 10.0. The van der Waals surface area contributed by atoms with Crippen molar-refractivity contribution in [1.82, 2.24) is 0 Å². The summed E-state index contributed by atoms with van der Waals surface area (Å²) in [7, 11) is 0. The van der Waals surface area contributed by atoms with Gasteiger partial charge in [0, 0.05) is 19.3 Å². The van der Waals surface area contributed by atoms with E-state index >= 15 is 0 Å². The predicted octanol–water partition coefficient (Wildman–Crippen LogP) is 17.3. The van der Waals surface area contributed by atoms with Crippen molar-refractivity contribution in [2.24, 2.45) is 0 Å². The molecule has 0 rings (SSSR count). The molecule has 358 valence electrons. The van der Waals surface area contributed by atoms with Gasteiger partial charge in [0.05, 0.1) is 0 Å². The van der Waals surface area contributed by atoms with Crippen LogP contribution in [0.25, 0.3) is 0 Å². The van der Waals surface area contributed by atoms with Crippen molar-refractivity contribution < 1.29 is 28.6 Å². The van der Waals surface area contributed by atoms with Gasteiger partial charge in [-0.25, -0.2) is 0 Å². The van der Waals surface area contributed by atoms with E-state index in [0.717, 1.165) is 96.3 Å². The van der Waals surface area contributed by atoms with Crippen LogP contribution < -0.4 is 0 Å². The summed E-state index contributed by atoms with van der Waals surface area (Å²) in [5, 5.41) is 0. The van der Waals surface area contributed by atoms with Crippen LogP contribution in [0.15, 0.2) is 60.8 Å². The van der Waals surface area contributed by atoms with Crippen molar-refractivity contribution in [3.63, 3.8) is 0 Å². The summed E-state index contributed by atoms with van der Waals surface area (Å²) in [6, 6.07) is 0. The molecule has 0 N–H and O–H groups in total. The van der Waals surface area contributed by atoms with Crippen molar-refractivity contribution in [2.45, 2.75) is 264 Å². The summed E-state index contributed by atoms with van der Waals surface area (Å²) in [6.45, 7) is 6.57. The first-order valence-electron chi connectivity index (χ1n) is 26.3. The molecule has 0 bridgehead atoms. The first kappa shape index (κ1) is 59.1. The second-order valence-electron chi connectivity index (χ2n) is 17.5. The molecule has 0 aliphatic carbocycles. The fourth-order valence-corrected chi connectivity index (χ4v) is 7.33. The third kappa shape index (κ3) is 48.1. The van der Waals surface area contributed by atoms with Crippen LogP contribution in [0.3, 0.4) is 0 Å². The van der Waals surface area contributed by atoms with Gasteiger partial charge in [-0.2, -0.15) is 0 Å². The minimum Gasteiger partial charge on any atom is -0.462 e. The lowest BCUT2D eigenvalue weighted by Crippen LogP contribution is -2.30. The maximum Gasteiger partial charge on any atom is 0.306 e. The molecule has 0 spiro atoms. The Kier molecular flexibility index (Phi) is 48.4. The largest absolute Gasteiger partial charge is 0.462 e. The van der Waals surface area contributed by atoms with Crippen LogP contribution in [0.5, 0.6) is 0 Å². The zero-order chi connectivity index (χ0) is 45.1. The number of hydrogen-bond acceptors (Lipinski definition) is 6. The van der Waals surface area contributed by atoms with Gasteiger partial charge in [0.25, 0.3) is 0 Å². The van der Waals surface area contributed by atoms with Crippen molar-refractivity contribution in [3.8, 4) is 0 Å². The van der Waals surface area contributed by atoms with E-state index in [-0.39, 0.29) is 31.1 Å². The Balaban J connectivity index is 4.43. The molecule has 0 heterocycles. The number of esters is 3. The third-order valence-corrected chi connectivity index (χ3v) is 11.3. The maximum atomic E-state index is 12.8. The van der Waals surface area contributed by atoms with Gasteiger partial charge in [0.1, 0.15) is 13.2 Å². The topological polar surface area (TPSA) is 78.9 Å². The van der Waals surface area contributed by atoms with Crippen LogP contribution in [-0.2, 0) is 28.6 Å². The molecular formula is C56H98O6. The first-order valence-corrected chi connectivity index (χ1v) is 26.3. The Morgan fingerprint density at radius 3 is 1.00 bits per heavy atom. The summed E-state index contributed by atoms with van der Waals surface area (Å²) >= 11 is 0. The van der Waals surface area contributed by atoms with Crippen molar-refractivity contribution in [2.75, 3.05) is 13.2 Å². The molecule has 0 aliphatic heterocycles. The van der Waals surface area contributed by atoms with Crippen LogP contribution in [0.1, 0.15) is 258 Å². The maximum absolute atomic E-state index is 12.8. The second kappa shape index (κ2) is 50.8. The van der Waals surface area contributed by atoms with E-state index in [9.17, 15) is 14.4 Å². The number of ether oxygens (including phenoxy) is 3. The number of carbonyl (C=O) groups is 3. The van der Waals surface area contributed by atoms with Gasteiger partial charge in [0.15, 0.2) is 6.10 Å². The number of allylic oxidation sites excluding steroid dienone is 10. The Morgan fingerprint density at radius 2 is 0.597 bits per heavy atom. The van der Waals surface area contributed by atoms with Gasteiger partial charge >= 0.3 is 17.9 Å². The number of rotatable bonds is 47. The lowest BCUT2D eigenvalue weighted by molar-refractivity contribution is -0.167. The molecule has 6 nitrogen and oxygen atoms in total. The zero-order valence-corrected chi connectivity index (χ0v) is 40.9. The lowest BCUT2D eigenvalue weighted by Gasteiger charge is -2.18. The van der Waals surface area contributed by atoms with Crippen molar-refractivity contribution in [1.29, 1.82) is 0 Å². The van der Waals surface area contributed by atoms with E-state index in [1.54, 1.807) is 0 Å². The normalized spacial score (nSPS) is 12.5. The monoisotopic (exact) mass is 867 g/mol. The number of carbonyl (C=O) groups excluding carboxylic acids is 3. The number of unbranched alkanes of at least 4 members (excludes halogenated alkanes) is 29. The van der Waals surface area contributed by atoms with E-state index in [1.165, 1.54) is 122 Å². The highest BCUT2D eigenvalue weighted by Gasteiger charge is 2.19. The molecule has 0 radical (unpaired) electrons. The van der Waals surface area contributed by atoms with Crippen molar-refractivity contribution >= 4 is 17.9 Å². The molecule has 0 saturated carbocycles. The summed E-state index contributed by atoms with van der Waals surface area (Å²) in [6.07, 6.45) is 61.9. The zero-order valence-electron chi connectivity index (χ0n) is 40.9. The van der Waals surface area contributed by atoms with Crippen molar-refractivity contribution in [3.05, 3.63) is 60.8 Å². The quantitative estimate of drug-likeness (QED) is 0.0199. The third-order valence-electron chi connectivity index (χ3n) is 11.3. The molecule has 0 aromatic heterocycles. The summed E-state index contributed by atoms with van der Waals surface area (Å²) in [4.78, 5) is 38.0. The Bertz CT molecular complexity index is 1130. The van der Waals surface area contributed by atoms with Crippen LogP contribution in [0.4, 0.5) is 0 Å². The average Bonchev–Trinajstić information content (AvgIpc) is 3.27. The highest BCUT2D eigenvalue weighted by molar-refractivity contribution is 5.71. The van der Waals surface area contributed by atoms with Gasteiger partial charge in [0.2, 0.25) is 0 Å². The predicted molar refractivity (Wildman–Crippen MR) is 265 cm³/mol. The average molecular weight is 867 g/mol. The molecule has 6 heteroatoms. The Labute approximate surface area is 383 Å². The molecular weight excluding hydrogens is 769 g/mol. The minimum absolute atomic E-state index is 0.0861. The van der Waals surface area contributed by atoms with Crippen LogP contribution in [-0.4, -0.2) is 37.2 Å². The second-order valence-corrected chi connectivity index (χ2v) is 17.5. The van der Waals surface area contributed by atoms with Crippen LogP contribution in [0.2, 0.25) is 0 Å². The van der Waals surface area contributed by atoms with Gasteiger partial charge in [-0.3, -0.25) is 14.4 Å². The van der Waals surface area contributed by atoms with E-state index in [2.05, 4.69) is 81.5 Å². The number of hydrogen-bond donors (Lipinski definition) is 0. The highest BCUT2D eigenvalue weighted by Crippen LogP contribution is 2.15. The standard InChI is InChI=1S/C56H98O6/c1-4-7-10-13-16-19-22-25-26-27-28-29-32-34-37-40-43-46-49-55(58)61-52-53(62-56(59)50-47-44-41-38-35-31-24-21-18-15-12-9-6-3)51-60-54(57)48-45-42-39-36-33-30-23-20-17-14-11-8-5-2/h16,19,22,25-29,31,35,53H,4-15,17-18,20-21,23-24,30,32-34,36-52H2,1-3H3/b19-16-,25-22-,27-26-,29-28-,35-31-. The van der Waals surface area contributed by atoms with E-state index in [0.29, 0.717) is 19.3 Å². The van der Waals surface area contributed by atoms with Gasteiger partial charge in [-0.05, 0) is 70.6 Å². The molecule has 0 aromatic carbocycles.